The maximum absolute atomic E-state index is 5.52. The lowest BCUT2D eigenvalue weighted by molar-refractivity contribution is 1.17. The first-order valence-corrected chi connectivity index (χ1v) is 6.05. The summed E-state index contributed by atoms with van der Waals surface area (Å²) in [6.07, 6.45) is 1.61. The highest BCUT2D eigenvalue weighted by Gasteiger charge is 2.05. The van der Waals surface area contributed by atoms with E-state index in [2.05, 4.69) is 47.1 Å². The predicted molar refractivity (Wildman–Crippen MR) is 71.6 cm³/mol. The summed E-state index contributed by atoms with van der Waals surface area (Å²) in [5.74, 6) is 0.872. The van der Waals surface area contributed by atoms with E-state index in [1.54, 1.807) is 6.20 Å². The molecule has 0 aliphatic heterocycles. The first-order chi connectivity index (χ1) is 7.66. The molecule has 6 heteroatoms. The number of hydrogen-bond acceptors (Lipinski definition) is 4. The van der Waals surface area contributed by atoms with Crippen LogP contribution in [0.5, 0.6) is 0 Å². The standard InChI is InChI=1S/C10H8Br2N4/c11-6-3-1-2-4-8(6)15-9-7(12)5-14-10(13)16-9/h1-5H,(H3,13,14,15,16). The summed E-state index contributed by atoms with van der Waals surface area (Å²) >= 11 is 6.80. The molecule has 0 amide bonds. The highest BCUT2D eigenvalue weighted by Crippen LogP contribution is 2.28. The third kappa shape index (κ3) is 2.51. The number of benzene rings is 1. The molecule has 1 aromatic carbocycles. The molecular weight excluding hydrogens is 336 g/mol. The molecule has 0 bridgehead atoms. The molecule has 4 nitrogen and oxygen atoms in total. The van der Waals surface area contributed by atoms with Crippen LogP contribution in [0.15, 0.2) is 39.4 Å². The van der Waals surface area contributed by atoms with Gasteiger partial charge in [-0.05, 0) is 44.0 Å². The van der Waals surface area contributed by atoms with E-state index in [-0.39, 0.29) is 5.95 Å². The third-order valence-electron chi connectivity index (χ3n) is 1.89. The molecule has 0 aliphatic rings. The van der Waals surface area contributed by atoms with Crippen LogP contribution in [-0.4, -0.2) is 9.97 Å². The smallest absolute Gasteiger partial charge is 0.222 e. The summed E-state index contributed by atoms with van der Waals surface area (Å²) in [4.78, 5) is 7.97. The molecule has 82 valence electrons. The van der Waals surface area contributed by atoms with Crippen LogP contribution in [0.4, 0.5) is 17.5 Å². The van der Waals surface area contributed by atoms with Crippen molar-refractivity contribution in [3.05, 3.63) is 39.4 Å². The first kappa shape index (κ1) is 11.3. The summed E-state index contributed by atoms with van der Waals surface area (Å²) in [6.45, 7) is 0. The number of anilines is 3. The monoisotopic (exact) mass is 342 g/mol. The average molecular weight is 344 g/mol. The van der Waals surface area contributed by atoms with E-state index < -0.39 is 0 Å². The molecule has 0 atom stereocenters. The highest BCUT2D eigenvalue weighted by molar-refractivity contribution is 9.11. The Morgan fingerprint density at radius 2 is 1.88 bits per heavy atom. The molecule has 0 unspecified atom stereocenters. The van der Waals surface area contributed by atoms with Crippen molar-refractivity contribution in [3.8, 4) is 0 Å². The number of rotatable bonds is 2. The fourth-order valence-corrected chi connectivity index (χ4v) is 1.83. The van der Waals surface area contributed by atoms with E-state index in [0.29, 0.717) is 5.82 Å². The van der Waals surface area contributed by atoms with Gasteiger partial charge in [-0.3, -0.25) is 0 Å². The summed E-state index contributed by atoms with van der Waals surface area (Å²) in [5.41, 5.74) is 6.44. The second kappa shape index (κ2) is 4.80. The van der Waals surface area contributed by atoms with Gasteiger partial charge in [0.1, 0.15) is 5.82 Å². The van der Waals surface area contributed by atoms with Gasteiger partial charge in [-0.2, -0.15) is 4.98 Å². The van der Waals surface area contributed by atoms with Crippen LogP contribution in [0, 0.1) is 0 Å². The quantitative estimate of drug-likeness (QED) is 0.877. The Morgan fingerprint density at radius 3 is 2.62 bits per heavy atom. The number of nitrogens with one attached hydrogen (secondary N) is 1. The Hall–Kier alpha value is -1.14. The number of para-hydroxylation sites is 1. The summed E-state index contributed by atoms with van der Waals surface area (Å²) in [6, 6.07) is 7.76. The third-order valence-corrected chi connectivity index (χ3v) is 3.16. The van der Waals surface area contributed by atoms with Crippen LogP contribution in [0.1, 0.15) is 0 Å². The molecule has 1 aromatic heterocycles. The van der Waals surface area contributed by atoms with Gasteiger partial charge < -0.3 is 11.1 Å². The van der Waals surface area contributed by atoms with E-state index in [1.807, 2.05) is 24.3 Å². The van der Waals surface area contributed by atoms with Crippen molar-refractivity contribution < 1.29 is 0 Å². The van der Waals surface area contributed by atoms with Gasteiger partial charge in [-0.25, -0.2) is 4.98 Å². The van der Waals surface area contributed by atoms with Gasteiger partial charge in [0.05, 0.1) is 10.2 Å². The number of hydrogen-bond donors (Lipinski definition) is 2. The molecule has 3 N–H and O–H groups in total. The molecule has 0 aliphatic carbocycles. The van der Waals surface area contributed by atoms with Crippen molar-refractivity contribution in [1.29, 1.82) is 0 Å². The molecule has 0 saturated heterocycles. The van der Waals surface area contributed by atoms with Crippen LogP contribution in [0.3, 0.4) is 0 Å². The maximum atomic E-state index is 5.52. The molecule has 16 heavy (non-hydrogen) atoms. The van der Waals surface area contributed by atoms with E-state index >= 15 is 0 Å². The Bertz CT molecular complexity index is 516. The van der Waals surface area contributed by atoms with Crippen molar-refractivity contribution in [2.45, 2.75) is 0 Å². The number of nitrogen functional groups attached to an aromatic ring is 1. The molecule has 1 heterocycles. The van der Waals surface area contributed by atoms with Gasteiger partial charge in [0.2, 0.25) is 5.95 Å². The fourth-order valence-electron chi connectivity index (χ4n) is 1.16. The molecule has 0 spiro atoms. The Balaban J connectivity index is 2.34. The van der Waals surface area contributed by atoms with Crippen molar-refractivity contribution in [3.63, 3.8) is 0 Å². The van der Waals surface area contributed by atoms with Gasteiger partial charge >= 0.3 is 0 Å². The molecule has 0 radical (unpaired) electrons. The van der Waals surface area contributed by atoms with E-state index in [4.69, 9.17) is 5.73 Å². The zero-order valence-electron chi connectivity index (χ0n) is 8.11. The highest BCUT2D eigenvalue weighted by atomic mass is 79.9. The first-order valence-electron chi connectivity index (χ1n) is 4.46. The molecule has 2 aromatic rings. The fraction of sp³-hybridized carbons (Fsp3) is 0. The van der Waals surface area contributed by atoms with Gasteiger partial charge in [0.15, 0.2) is 0 Å². The number of halogens is 2. The van der Waals surface area contributed by atoms with Crippen LogP contribution in [0.2, 0.25) is 0 Å². The van der Waals surface area contributed by atoms with Crippen molar-refractivity contribution >= 4 is 49.3 Å². The number of aromatic nitrogens is 2. The zero-order valence-corrected chi connectivity index (χ0v) is 11.3. The normalized spacial score (nSPS) is 10.1. The Labute approximate surface area is 110 Å². The summed E-state index contributed by atoms with van der Waals surface area (Å²) < 4.78 is 1.72. The summed E-state index contributed by atoms with van der Waals surface area (Å²) in [5, 5.41) is 3.16. The van der Waals surface area contributed by atoms with Crippen molar-refractivity contribution in [2.24, 2.45) is 0 Å². The second-order valence-corrected chi connectivity index (χ2v) is 4.74. The molecular formula is C10H8Br2N4. The molecule has 0 saturated carbocycles. The Morgan fingerprint density at radius 1 is 1.12 bits per heavy atom. The minimum Gasteiger partial charge on any atom is -0.368 e. The predicted octanol–water partition coefficient (Wildman–Crippen LogP) is 3.33. The largest absolute Gasteiger partial charge is 0.368 e. The minimum atomic E-state index is 0.234. The second-order valence-electron chi connectivity index (χ2n) is 3.03. The number of nitrogens with two attached hydrogens (primary N) is 1. The lowest BCUT2D eigenvalue weighted by atomic mass is 10.3. The van der Waals surface area contributed by atoms with Gasteiger partial charge in [0, 0.05) is 10.7 Å². The Kier molecular flexibility index (Phi) is 3.40. The maximum Gasteiger partial charge on any atom is 0.222 e. The van der Waals surface area contributed by atoms with Crippen LogP contribution >= 0.6 is 31.9 Å². The van der Waals surface area contributed by atoms with E-state index in [1.165, 1.54) is 0 Å². The van der Waals surface area contributed by atoms with Crippen molar-refractivity contribution in [2.75, 3.05) is 11.1 Å². The van der Waals surface area contributed by atoms with E-state index in [0.717, 1.165) is 14.6 Å². The van der Waals surface area contributed by atoms with Crippen molar-refractivity contribution in [1.82, 2.24) is 9.97 Å². The van der Waals surface area contributed by atoms with Crippen LogP contribution in [0.25, 0.3) is 0 Å². The average Bonchev–Trinajstić information content (AvgIpc) is 2.27. The molecule has 2 rings (SSSR count). The van der Waals surface area contributed by atoms with Crippen LogP contribution in [-0.2, 0) is 0 Å². The van der Waals surface area contributed by atoms with E-state index in [9.17, 15) is 0 Å². The van der Waals surface area contributed by atoms with Gasteiger partial charge in [0.25, 0.3) is 0 Å². The SMILES string of the molecule is Nc1ncc(Br)c(Nc2ccccc2Br)n1. The van der Waals surface area contributed by atoms with Gasteiger partial charge in [-0.15, -0.1) is 0 Å². The molecule has 0 fully saturated rings. The zero-order chi connectivity index (χ0) is 11.5. The summed E-state index contributed by atoms with van der Waals surface area (Å²) in [7, 11) is 0. The number of nitrogens with zero attached hydrogens (tertiary/aromatic N) is 2. The minimum absolute atomic E-state index is 0.234. The van der Waals surface area contributed by atoms with Crippen LogP contribution < -0.4 is 11.1 Å². The topological polar surface area (TPSA) is 63.8 Å². The lowest BCUT2D eigenvalue weighted by Gasteiger charge is -2.09. The van der Waals surface area contributed by atoms with Gasteiger partial charge in [-0.1, -0.05) is 12.1 Å². The lowest BCUT2D eigenvalue weighted by Crippen LogP contribution is -2.00.